The second kappa shape index (κ2) is 7.21. The maximum absolute atomic E-state index is 12.4. The van der Waals surface area contributed by atoms with Crippen molar-refractivity contribution >= 4 is 41.5 Å². The molecule has 0 atom stereocenters. The molecule has 2 aromatic rings. The third-order valence-corrected chi connectivity index (χ3v) is 5.17. The molecule has 1 aromatic heterocycles. The molecule has 0 unspecified atom stereocenters. The zero-order chi connectivity index (χ0) is 21.6. The molecular weight excluding hydrogens is 398 g/mol. The second-order valence-electron chi connectivity index (χ2n) is 6.70. The highest BCUT2D eigenvalue weighted by atomic mass is 35.5. The van der Waals surface area contributed by atoms with Crippen molar-refractivity contribution in [2.24, 2.45) is 0 Å². The summed E-state index contributed by atoms with van der Waals surface area (Å²) < 4.78 is 1.83. The molecule has 8 nitrogen and oxygen atoms in total. The van der Waals surface area contributed by atoms with Crippen LogP contribution in [-0.2, 0) is 9.59 Å². The molecule has 3 rings (SSSR count). The summed E-state index contributed by atoms with van der Waals surface area (Å²) in [6, 6.07) is 5.69. The minimum absolute atomic E-state index is 0.00522. The van der Waals surface area contributed by atoms with Crippen LogP contribution in [0.5, 0.6) is 0 Å². The van der Waals surface area contributed by atoms with Crippen molar-refractivity contribution in [3.63, 3.8) is 0 Å². The van der Waals surface area contributed by atoms with Gasteiger partial charge in [0.05, 0.1) is 10.6 Å². The van der Waals surface area contributed by atoms with Gasteiger partial charge in [0.2, 0.25) is 0 Å². The first-order chi connectivity index (χ1) is 13.5. The van der Waals surface area contributed by atoms with Gasteiger partial charge in [-0.2, -0.15) is 0 Å². The Morgan fingerprint density at radius 3 is 2.14 bits per heavy atom. The number of benzene rings is 1. The highest BCUT2D eigenvalue weighted by molar-refractivity contribution is 6.33. The maximum Gasteiger partial charge on any atom is 0.337 e. The van der Waals surface area contributed by atoms with E-state index in [0.717, 1.165) is 21.2 Å². The number of aromatic carboxylic acids is 1. The molecule has 1 aliphatic rings. The number of carboxylic acid groups (broad SMARTS) is 1. The topological polar surface area (TPSA) is 99.9 Å². The molecule has 1 aromatic carbocycles. The van der Waals surface area contributed by atoms with Crippen LogP contribution in [0.3, 0.4) is 0 Å². The van der Waals surface area contributed by atoms with Gasteiger partial charge in [-0.25, -0.2) is 9.59 Å². The predicted octanol–water partition coefficient (Wildman–Crippen LogP) is 2.88. The predicted molar refractivity (Wildman–Crippen MR) is 106 cm³/mol. The lowest BCUT2D eigenvalue weighted by Gasteiger charge is -2.28. The number of likely N-dealkylation sites (N-methyl/N-ethyl adjacent to an activating group) is 2. The molecule has 1 fully saturated rings. The molecule has 0 aliphatic carbocycles. The van der Waals surface area contributed by atoms with Crippen molar-refractivity contribution in [1.82, 2.24) is 14.4 Å². The minimum Gasteiger partial charge on any atom is -0.478 e. The summed E-state index contributed by atoms with van der Waals surface area (Å²) >= 11 is 6.09. The Hall–Kier alpha value is -3.39. The second-order valence-corrected chi connectivity index (χ2v) is 7.11. The standard InChI is InChI=1S/C20H18ClN3O5/c1-10-7-12(8-15-17(25)22(3)20(29)23(4)18(15)26)11(2)24(10)13-5-6-14(19(27)28)16(21)9-13/h5-9H,1-4H3,(H,27,28). The number of rotatable bonds is 3. The van der Waals surface area contributed by atoms with Crippen molar-refractivity contribution in [1.29, 1.82) is 0 Å². The van der Waals surface area contributed by atoms with Crippen LogP contribution in [0.2, 0.25) is 5.02 Å². The van der Waals surface area contributed by atoms with Crippen molar-refractivity contribution in [3.8, 4) is 5.69 Å². The van der Waals surface area contributed by atoms with Crippen molar-refractivity contribution in [2.45, 2.75) is 13.8 Å². The van der Waals surface area contributed by atoms with Gasteiger partial charge in [-0.05, 0) is 49.8 Å². The lowest BCUT2D eigenvalue weighted by atomic mass is 10.1. The van der Waals surface area contributed by atoms with Gasteiger partial charge in [0.25, 0.3) is 11.8 Å². The van der Waals surface area contributed by atoms with E-state index >= 15 is 0 Å². The molecule has 0 spiro atoms. The smallest absolute Gasteiger partial charge is 0.337 e. The third kappa shape index (κ3) is 3.31. The summed E-state index contributed by atoms with van der Waals surface area (Å²) in [6.45, 7) is 3.63. The number of hydrogen-bond donors (Lipinski definition) is 1. The number of carbonyl (C=O) groups is 4. The molecule has 150 valence electrons. The number of aromatic nitrogens is 1. The van der Waals surface area contributed by atoms with E-state index in [0.29, 0.717) is 11.3 Å². The van der Waals surface area contributed by atoms with E-state index < -0.39 is 23.8 Å². The van der Waals surface area contributed by atoms with Crippen molar-refractivity contribution < 1.29 is 24.3 Å². The monoisotopic (exact) mass is 415 g/mol. The Bertz CT molecular complexity index is 1090. The fourth-order valence-electron chi connectivity index (χ4n) is 3.28. The number of hydrogen-bond acceptors (Lipinski definition) is 4. The fourth-order valence-corrected chi connectivity index (χ4v) is 3.53. The average molecular weight is 416 g/mol. The molecular formula is C20H18ClN3O5. The molecule has 9 heteroatoms. The van der Waals surface area contributed by atoms with E-state index in [9.17, 15) is 19.2 Å². The summed E-state index contributed by atoms with van der Waals surface area (Å²) in [7, 11) is 2.63. The first-order valence-electron chi connectivity index (χ1n) is 8.58. The summed E-state index contributed by atoms with van der Waals surface area (Å²) in [5, 5.41) is 9.24. The number of halogens is 1. The van der Waals surface area contributed by atoms with Gasteiger partial charge in [-0.3, -0.25) is 19.4 Å². The number of imide groups is 2. The zero-order valence-corrected chi connectivity index (χ0v) is 16.9. The highest BCUT2D eigenvalue weighted by Gasteiger charge is 2.38. The summed E-state index contributed by atoms with van der Waals surface area (Å²) in [5.41, 5.74) is 2.65. The molecule has 29 heavy (non-hydrogen) atoms. The lowest BCUT2D eigenvalue weighted by molar-refractivity contribution is -0.134. The zero-order valence-electron chi connectivity index (χ0n) is 16.2. The van der Waals surface area contributed by atoms with E-state index in [2.05, 4.69) is 0 Å². The first kappa shape index (κ1) is 20.3. The third-order valence-electron chi connectivity index (χ3n) is 4.86. The van der Waals surface area contributed by atoms with Crippen LogP contribution in [0.15, 0.2) is 29.8 Å². The number of nitrogens with zero attached hydrogens (tertiary/aromatic N) is 3. The molecule has 4 amide bonds. The van der Waals surface area contributed by atoms with Gasteiger partial charge in [0.15, 0.2) is 0 Å². The number of barbiturate groups is 1. The number of carbonyl (C=O) groups excluding carboxylic acids is 3. The Balaban J connectivity index is 2.09. The van der Waals surface area contributed by atoms with Gasteiger partial charge >= 0.3 is 12.0 Å². The van der Waals surface area contributed by atoms with Crippen LogP contribution in [0.1, 0.15) is 27.3 Å². The number of carboxylic acids is 1. The number of aryl methyl sites for hydroxylation is 1. The summed E-state index contributed by atoms with van der Waals surface area (Å²) in [4.78, 5) is 49.7. The molecule has 1 N–H and O–H groups in total. The lowest BCUT2D eigenvalue weighted by Crippen LogP contribution is -2.52. The summed E-state index contributed by atoms with van der Waals surface area (Å²) in [5.74, 6) is -2.46. The Morgan fingerprint density at radius 1 is 1.03 bits per heavy atom. The quantitative estimate of drug-likeness (QED) is 0.613. The fraction of sp³-hybridized carbons (Fsp3) is 0.200. The molecule has 2 heterocycles. The number of amides is 4. The van der Waals surface area contributed by atoms with Crippen molar-refractivity contribution in [2.75, 3.05) is 14.1 Å². The molecule has 1 aliphatic heterocycles. The average Bonchev–Trinajstić information content (AvgIpc) is 2.94. The Morgan fingerprint density at radius 2 is 1.62 bits per heavy atom. The first-order valence-corrected chi connectivity index (χ1v) is 8.96. The van der Waals surface area contributed by atoms with E-state index in [1.807, 2.05) is 11.5 Å². The Labute approximate surface area is 171 Å². The molecule has 0 saturated carbocycles. The normalized spacial score (nSPS) is 14.7. The van der Waals surface area contributed by atoms with Gasteiger partial charge in [0, 0.05) is 31.2 Å². The Kier molecular flexibility index (Phi) is 5.06. The van der Waals surface area contributed by atoms with Gasteiger partial charge in [-0.15, -0.1) is 0 Å². The maximum atomic E-state index is 12.4. The van der Waals surface area contributed by atoms with Crippen LogP contribution >= 0.6 is 11.6 Å². The van der Waals surface area contributed by atoms with Crippen LogP contribution in [0.4, 0.5) is 4.79 Å². The van der Waals surface area contributed by atoms with Crippen LogP contribution < -0.4 is 0 Å². The van der Waals surface area contributed by atoms with Crippen LogP contribution in [0, 0.1) is 13.8 Å². The van der Waals surface area contributed by atoms with Gasteiger partial charge in [0.1, 0.15) is 5.57 Å². The van der Waals surface area contributed by atoms with Crippen LogP contribution in [-0.4, -0.2) is 57.4 Å². The molecule has 0 radical (unpaired) electrons. The van der Waals surface area contributed by atoms with Crippen LogP contribution in [0.25, 0.3) is 11.8 Å². The summed E-state index contributed by atoms with van der Waals surface area (Å²) in [6.07, 6.45) is 1.45. The largest absolute Gasteiger partial charge is 0.478 e. The SMILES string of the molecule is Cc1cc(C=C2C(=O)N(C)C(=O)N(C)C2=O)c(C)n1-c1ccc(C(=O)O)c(Cl)c1. The van der Waals surface area contributed by atoms with E-state index in [-0.39, 0.29) is 16.2 Å². The van der Waals surface area contributed by atoms with E-state index in [4.69, 9.17) is 16.7 Å². The highest BCUT2D eigenvalue weighted by Crippen LogP contribution is 2.27. The van der Waals surface area contributed by atoms with E-state index in [1.54, 1.807) is 25.1 Å². The molecule has 0 bridgehead atoms. The van der Waals surface area contributed by atoms with E-state index in [1.165, 1.54) is 26.2 Å². The molecule has 1 saturated heterocycles. The minimum atomic E-state index is -1.12. The van der Waals surface area contributed by atoms with Gasteiger partial charge < -0.3 is 9.67 Å². The number of urea groups is 1. The van der Waals surface area contributed by atoms with Gasteiger partial charge in [-0.1, -0.05) is 11.6 Å². The van der Waals surface area contributed by atoms with Crippen molar-refractivity contribution in [3.05, 3.63) is 57.4 Å².